The minimum absolute atomic E-state index is 0.188. The summed E-state index contributed by atoms with van der Waals surface area (Å²) in [5, 5.41) is 3.27. The van der Waals surface area contributed by atoms with E-state index in [0.717, 1.165) is 18.9 Å². The average molecular weight is 404 g/mol. The van der Waals surface area contributed by atoms with Crippen LogP contribution in [0.25, 0.3) is 10.8 Å². The Hall–Kier alpha value is -3.16. The molecule has 1 fully saturated rings. The number of pyridine rings is 1. The highest BCUT2D eigenvalue weighted by atomic mass is 19.4. The number of rotatable bonds is 4. The van der Waals surface area contributed by atoms with Crippen molar-refractivity contribution >= 4 is 16.7 Å². The molecule has 150 valence electrons. The highest BCUT2D eigenvalue weighted by Gasteiger charge is 2.34. The van der Waals surface area contributed by atoms with E-state index < -0.39 is 30.0 Å². The van der Waals surface area contributed by atoms with Crippen molar-refractivity contribution in [3.63, 3.8) is 0 Å². The van der Waals surface area contributed by atoms with Gasteiger partial charge in [0.05, 0.1) is 5.56 Å². The van der Waals surface area contributed by atoms with E-state index in [0.29, 0.717) is 16.8 Å². The van der Waals surface area contributed by atoms with Crippen molar-refractivity contribution in [3.8, 4) is 0 Å². The molecule has 8 heteroatoms. The first kappa shape index (κ1) is 19.2. The van der Waals surface area contributed by atoms with Crippen LogP contribution >= 0.6 is 0 Å². The Morgan fingerprint density at radius 3 is 2.48 bits per heavy atom. The van der Waals surface area contributed by atoms with Gasteiger partial charge in [0, 0.05) is 40.7 Å². The third kappa shape index (κ3) is 3.62. The van der Waals surface area contributed by atoms with Crippen LogP contribution in [0.4, 0.5) is 17.6 Å². The van der Waals surface area contributed by atoms with Gasteiger partial charge in [-0.05, 0) is 37.1 Å². The first-order valence-corrected chi connectivity index (χ1v) is 9.04. The Labute approximate surface area is 162 Å². The highest BCUT2D eigenvalue weighted by molar-refractivity contribution is 6.06. The van der Waals surface area contributed by atoms with Crippen LogP contribution in [-0.2, 0) is 12.7 Å². The average Bonchev–Trinajstić information content (AvgIpc) is 3.51. The predicted molar refractivity (Wildman–Crippen MR) is 99.1 cm³/mol. The van der Waals surface area contributed by atoms with E-state index in [1.807, 2.05) is 0 Å². The topological polar surface area (TPSA) is 51.1 Å². The van der Waals surface area contributed by atoms with Crippen LogP contribution in [0.3, 0.4) is 0 Å². The van der Waals surface area contributed by atoms with Gasteiger partial charge in [-0.15, -0.1) is 0 Å². The summed E-state index contributed by atoms with van der Waals surface area (Å²) in [7, 11) is 0. The van der Waals surface area contributed by atoms with Crippen molar-refractivity contribution in [3.05, 3.63) is 81.5 Å². The summed E-state index contributed by atoms with van der Waals surface area (Å²) in [5.74, 6) is -2.01. The van der Waals surface area contributed by atoms with Crippen LogP contribution < -0.4 is 10.9 Å². The molecule has 0 saturated heterocycles. The molecule has 3 aromatic rings. The summed E-state index contributed by atoms with van der Waals surface area (Å²) in [5.41, 5.74) is -1.64. The van der Waals surface area contributed by atoms with Crippen LogP contribution in [0.5, 0.6) is 0 Å². The lowest BCUT2D eigenvalue weighted by Gasteiger charge is -2.13. The van der Waals surface area contributed by atoms with Crippen molar-refractivity contribution in [1.29, 1.82) is 0 Å². The molecule has 1 N–H and O–H groups in total. The molecule has 1 heterocycles. The molecule has 4 nitrogen and oxygen atoms in total. The Morgan fingerprint density at radius 1 is 1.07 bits per heavy atom. The van der Waals surface area contributed by atoms with Gasteiger partial charge in [0.25, 0.3) is 11.5 Å². The Balaban J connectivity index is 1.61. The second-order valence-electron chi connectivity index (χ2n) is 6.99. The fraction of sp³-hybridized carbons (Fsp3) is 0.238. The molecule has 0 radical (unpaired) electrons. The molecule has 0 aliphatic heterocycles. The molecule has 1 aliphatic rings. The zero-order valence-electron chi connectivity index (χ0n) is 15.1. The predicted octanol–water partition coefficient (Wildman–Crippen LogP) is 4.42. The summed E-state index contributed by atoms with van der Waals surface area (Å²) in [4.78, 5) is 25.2. The smallest absolute Gasteiger partial charge is 0.348 e. The number of fused-ring (bicyclic) bond motifs is 1. The molecule has 29 heavy (non-hydrogen) atoms. The lowest BCUT2D eigenvalue weighted by Crippen LogP contribution is -2.25. The van der Waals surface area contributed by atoms with E-state index in [1.54, 1.807) is 29.0 Å². The number of alkyl halides is 3. The fourth-order valence-corrected chi connectivity index (χ4v) is 3.34. The lowest BCUT2D eigenvalue weighted by atomic mass is 10.0. The number of hydrogen-bond acceptors (Lipinski definition) is 2. The zero-order chi connectivity index (χ0) is 20.8. The second kappa shape index (κ2) is 7.02. The number of aromatic nitrogens is 1. The molecule has 1 amide bonds. The van der Waals surface area contributed by atoms with E-state index >= 15 is 0 Å². The number of carbonyl (C=O) groups excluding carboxylic acids is 1. The third-order valence-corrected chi connectivity index (χ3v) is 4.98. The number of nitrogens with one attached hydrogen (secondary N) is 1. The molecule has 1 aromatic heterocycles. The molecule has 0 atom stereocenters. The number of hydrogen-bond donors (Lipinski definition) is 1. The maximum absolute atomic E-state index is 14.1. The Kier molecular flexibility index (Phi) is 4.64. The van der Waals surface area contributed by atoms with Crippen LogP contribution in [0, 0.1) is 5.82 Å². The SMILES string of the molecule is O=C(NCc1cccc(C(F)(F)F)c1F)c1cccc2c(=O)n(C3CC3)ccc12. The number of halogens is 4. The molecular formula is C21H16F4N2O2. The van der Waals surface area contributed by atoms with Crippen molar-refractivity contribution in [2.45, 2.75) is 31.6 Å². The molecule has 0 unspecified atom stereocenters. The van der Waals surface area contributed by atoms with Gasteiger partial charge in [-0.25, -0.2) is 4.39 Å². The first-order valence-electron chi connectivity index (χ1n) is 9.04. The van der Waals surface area contributed by atoms with Gasteiger partial charge in [-0.3, -0.25) is 9.59 Å². The van der Waals surface area contributed by atoms with Gasteiger partial charge in [-0.2, -0.15) is 13.2 Å². The monoisotopic (exact) mass is 404 g/mol. The molecule has 1 saturated carbocycles. The Morgan fingerprint density at radius 2 is 1.79 bits per heavy atom. The van der Waals surface area contributed by atoms with Crippen LogP contribution in [0.2, 0.25) is 0 Å². The summed E-state index contributed by atoms with van der Waals surface area (Å²) in [6, 6.07) is 9.49. The molecular weight excluding hydrogens is 388 g/mol. The molecule has 4 rings (SSSR count). The fourth-order valence-electron chi connectivity index (χ4n) is 3.34. The van der Waals surface area contributed by atoms with Gasteiger partial charge in [0.15, 0.2) is 0 Å². The quantitative estimate of drug-likeness (QED) is 0.655. The second-order valence-corrected chi connectivity index (χ2v) is 6.99. The molecule has 0 spiro atoms. The normalized spacial score (nSPS) is 14.2. The summed E-state index contributed by atoms with van der Waals surface area (Å²) >= 11 is 0. The summed E-state index contributed by atoms with van der Waals surface area (Å²) in [6.07, 6.45) is -1.30. The van der Waals surface area contributed by atoms with Crippen LogP contribution in [-0.4, -0.2) is 10.5 Å². The van der Waals surface area contributed by atoms with E-state index in [2.05, 4.69) is 5.32 Å². The lowest BCUT2D eigenvalue weighted by molar-refractivity contribution is -0.140. The number of amides is 1. The largest absolute Gasteiger partial charge is 0.419 e. The standard InChI is InChI=1S/C21H16F4N2O2/c22-18-12(3-1-6-17(18)21(23,24)25)11-26-19(28)15-4-2-5-16-14(15)9-10-27(20(16)29)13-7-8-13/h1-6,9-10,13H,7-8,11H2,(H,26,28). The molecule has 2 aromatic carbocycles. The maximum atomic E-state index is 14.1. The van der Waals surface area contributed by atoms with Crippen molar-refractivity contribution in [2.75, 3.05) is 0 Å². The maximum Gasteiger partial charge on any atom is 0.419 e. The summed E-state index contributed by atoms with van der Waals surface area (Å²) in [6.45, 7) is -0.413. The van der Waals surface area contributed by atoms with Gasteiger partial charge < -0.3 is 9.88 Å². The van der Waals surface area contributed by atoms with E-state index in [9.17, 15) is 27.2 Å². The minimum Gasteiger partial charge on any atom is -0.348 e. The van der Waals surface area contributed by atoms with Gasteiger partial charge >= 0.3 is 6.18 Å². The molecule has 0 bridgehead atoms. The van der Waals surface area contributed by atoms with Gasteiger partial charge in [0.2, 0.25) is 0 Å². The number of nitrogens with zero attached hydrogens (tertiary/aromatic N) is 1. The van der Waals surface area contributed by atoms with E-state index in [1.165, 1.54) is 12.1 Å². The van der Waals surface area contributed by atoms with Gasteiger partial charge in [-0.1, -0.05) is 18.2 Å². The van der Waals surface area contributed by atoms with Crippen LogP contribution in [0.15, 0.2) is 53.5 Å². The summed E-state index contributed by atoms with van der Waals surface area (Å²) < 4.78 is 54.3. The van der Waals surface area contributed by atoms with Crippen molar-refractivity contribution < 1.29 is 22.4 Å². The van der Waals surface area contributed by atoms with E-state index in [-0.39, 0.29) is 22.7 Å². The van der Waals surface area contributed by atoms with Gasteiger partial charge in [0.1, 0.15) is 5.82 Å². The number of carbonyl (C=O) groups is 1. The van der Waals surface area contributed by atoms with Crippen molar-refractivity contribution in [1.82, 2.24) is 9.88 Å². The highest BCUT2D eigenvalue weighted by Crippen LogP contribution is 2.34. The van der Waals surface area contributed by atoms with Crippen LogP contribution in [0.1, 0.15) is 40.4 Å². The number of benzene rings is 2. The third-order valence-electron chi connectivity index (χ3n) is 4.98. The van der Waals surface area contributed by atoms with Crippen molar-refractivity contribution in [2.24, 2.45) is 0 Å². The Bertz CT molecular complexity index is 1160. The molecule has 1 aliphatic carbocycles. The van der Waals surface area contributed by atoms with E-state index in [4.69, 9.17) is 0 Å². The minimum atomic E-state index is -4.82. The first-order chi connectivity index (χ1) is 13.8. The zero-order valence-corrected chi connectivity index (χ0v) is 15.1.